The molecule has 1 nitrogen and oxygen atoms in total. The minimum atomic E-state index is -0.923. The van der Waals surface area contributed by atoms with Crippen molar-refractivity contribution < 1.29 is 13.2 Å². The normalized spacial score (nSPS) is 10.8. The van der Waals surface area contributed by atoms with Crippen molar-refractivity contribution in [2.75, 3.05) is 0 Å². The summed E-state index contributed by atoms with van der Waals surface area (Å²) in [5, 5.41) is 1.60. The van der Waals surface area contributed by atoms with E-state index in [9.17, 15) is 13.2 Å². The van der Waals surface area contributed by atoms with Gasteiger partial charge in [0.05, 0.1) is 5.56 Å². The Balaban J connectivity index is 2.55. The second-order valence-corrected chi connectivity index (χ2v) is 4.25. The molecule has 0 aliphatic heterocycles. The van der Waals surface area contributed by atoms with E-state index in [4.69, 9.17) is 5.73 Å². The third-order valence-electron chi connectivity index (χ3n) is 2.15. The Morgan fingerprint density at radius 1 is 1.06 bits per heavy atom. The Kier molecular flexibility index (Phi) is 2.98. The van der Waals surface area contributed by atoms with Crippen molar-refractivity contribution in [2.24, 2.45) is 5.73 Å². The lowest BCUT2D eigenvalue weighted by Crippen LogP contribution is -1.93. The SMILES string of the molecule is NCc1cc(-c2c(F)cc(F)cc2F)cs1. The standard InChI is InChI=1S/C11H8F3NS/c12-7-2-9(13)11(10(14)3-7)6-1-8(4-15)16-5-6/h1-3,5H,4,15H2. The van der Waals surface area contributed by atoms with Crippen LogP contribution in [-0.2, 0) is 6.54 Å². The first-order valence-electron chi connectivity index (χ1n) is 4.54. The van der Waals surface area contributed by atoms with E-state index in [2.05, 4.69) is 0 Å². The molecule has 1 aromatic carbocycles. The van der Waals surface area contributed by atoms with E-state index in [1.165, 1.54) is 11.3 Å². The molecule has 1 aromatic heterocycles. The van der Waals surface area contributed by atoms with Crippen LogP contribution in [0.1, 0.15) is 4.88 Å². The Labute approximate surface area is 94.3 Å². The molecule has 2 rings (SSSR count). The first-order chi connectivity index (χ1) is 7.61. The van der Waals surface area contributed by atoms with Crippen LogP contribution in [0, 0.1) is 17.5 Å². The minimum Gasteiger partial charge on any atom is -0.326 e. The molecule has 2 N–H and O–H groups in total. The molecule has 0 radical (unpaired) electrons. The van der Waals surface area contributed by atoms with Crippen LogP contribution in [-0.4, -0.2) is 0 Å². The van der Waals surface area contributed by atoms with Gasteiger partial charge in [-0.25, -0.2) is 13.2 Å². The molecule has 84 valence electrons. The van der Waals surface area contributed by atoms with Crippen LogP contribution in [0.15, 0.2) is 23.6 Å². The van der Waals surface area contributed by atoms with Crippen LogP contribution in [0.25, 0.3) is 11.1 Å². The van der Waals surface area contributed by atoms with Crippen molar-refractivity contribution in [3.63, 3.8) is 0 Å². The molecule has 0 aliphatic rings. The van der Waals surface area contributed by atoms with E-state index in [1.807, 2.05) is 0 Å². The summed E-state index contributed by atoms with van der Waals surface area (Å²) in [6.07, 6.45) is 0. The molecule has 0 aliphatic carbocycles. The van der Waals surface area contributed by atoms with Crippen LogP contribution in [0.5, 0.6) is 0 Å². The van der Waals surface area contributed by atoms with Gasteiger partial charge in [-0.05, 0) is 17.0 Å². The van der Waals surface area contributed by atoms with Gasteiger partial charge in [0.2, 0.25) is 0 Å². The third-order valence-corrected chi connectivity index (χ3v) is 3.11. The van der Waals surface area contributed by atoms with Gasteiger partial charge in [0.15, 0.2) is 0 Å². The number of halogens is 3. The van der Waals surface area contributed by atoms with Crippen molar-refractivity contribution in [3.8, 4) is 11.1 Å². The summed E-state index contributed by atoms with van der Waals surface area (Å²) >= 11 is 1.31. The fourth-order valence-electron chi connectivity index (χ4n) is 1.44. The summed E-state index contributed by atoms with van der Waals surface area (Å²) in [6, 6.07) is 2.93. The first kappa shape index (κ1) is 11.2. The van der Waals surface area contributed by atoms with Gasteiger partial charge in [0.25, 0.3) is 0 Å². The van der Waals surface area contributed by atoms with Gasteiger partial charge in [-0.15, -0.1) is 11.3 Å². The van der Waals surface area contributed by atoms with E-state index in [0.29, 0.717) is 24.2 Å². The van der Waals surface area contributed by atoms with Gasteiger partial charge in [0, 0.05) is 23.6 Å². The smallest absolute Gasteiger partial charge is 0.136 e. The quantitative estimate of drug-likeness (QED) is 0.860. The Morgan fingerprint density at radius 3 is 2.19 bits per heavy atom. The zero-order valence-electron chi connectivity index (χ0n) is 8.14. The molecule has 1 heterocycles. The maximum Gasteiger partial charge on any atom is 0.136 e. The number of benzene rings is 1. The molecule has 2 aromatic rings. The summed E-state index contributed by atoms with van der Waals surface area (Å²) in [5.74, 6) is -2.73. The van der Waals surface area contributed by atoms with Crippen molar-refractivity contribution in [1.29, 1.82) is 0 Å². The highest BCUT2D eigenvalue weighted by Crippen LogP contribution is 2.30. The predicted molar refractivity (Wildman–Crippen MR) is 57.5 cm³/mol. The molecule has 0 fully saturated rings. The van der Waals surface area contributed by atoms with Crippen LogP contribution < -0.4 is 5.73 Å². The lowest BCUT2D eigenvalue weighted by Gasteiger charge is -2.02. The molecular formula is C11H8F3NS. The molecule has 0 saturated heterocycles. The van der Waals surface area contributed by atoms with Crippen LogP contribution >= 0.6 is 11.3 Å². The van der Waals surface area contributed by atoms with Crippen LogP contribution in [0.4, 0.5) is 13.2 Å². The summed E-state index contributed by atoms with van der Waals surface area (Å²) in [6.45, 7) is 0.315. The van der Waals surface area contributed by atoms with E-state index < -0.39 is 17.5 Å². The first-order valence-corrected chi connectivity index (χ1v) is 5.42. The largest absolute Gasteiger partial charge is 0.326 e. The second-order valence-electron chi connectivity index (χ2n) is 3.25. The number of hydrogen-bond acceptors (Lipinski definition) is 2. The topological polar surface area (TPSA) is 26.0 Å². The molecule has 0 saturated carbocycles. The fraction of sp³-hybridized carbons (Fsp3) is 0.0909. The lowest BCUT2D eigenvalue weighted by molar-refractivity contribution is 0.548. The number of nitrogens with two attached hydrogens (primary N) is 1. The number of thiophene rings is 1. The Morgan fingerprint density at radius 2 is 1.69 bits per heavy atom. The highest BCUT2D eigenvalue weighted by Gasteiger charge is 2.14. The van der Waals surface area contributed by atoms with Crippen molar-refractivity contribution in [3.05, 3.63) is 45.9 Å². The average molecular weight is 243 g/mol. The summed E-state index contributed by atoms with van der Waals surface area (Å²) in [4.78, 5) is 0.818. The van der Waals surface area contributed by atoms with Crippen molar-refractivity contribution in [1.82, 2.24) is 0 Å². The highest BCUT2D eigenvalue weighted by atomic mass is 32.1. The molecular weight excluding hydrogens is 235 g/mol. The summed E-state index contributed by atoms with van der Waals surface area (Å²) in [7, 11) is 0. The summed E-state index contributed by atoms with van der Waals surface area (Å²) < 4.78 is 39.5. The van der Waals surface area contributed by atoms with Crippen LogP contribution in [0.3, 0.4) is 0 Å². The molecule has 0 spiro atoms. The van der Waals surface area contributed by atoms with Gasteiger partial charge in [0.1, 0.15) is 17.5 Å². The molecule has 0 amide bonds. The monoisotopic (exact) mass is 243 g/mol. The van der Waals surface area contributed by atoms with Crippen molar-refractivity contribution >= 4 is 11.3 Å². The minimum absolute atomic E-state index is 0.211. The van der Waals surface area contributed by atoms with E-state index in [0.717, 1.165) is 4.88 Å². The van der Waals surface area contributed by atoms with E-state index in [1.54, 1.807) is 11.4 Å². The number of rotatable bonds is 2. The molecule has 5 heteroatoms. The second kappa shape index (κ2) is 4.27. The Bertz CT molecular complexity index is 499. The van der Waals surface area contributed by atoms with Crippen LogP contribution in [0.2, 0.25) is 0 Å². The maximum absolute atomic E-state index is 13.4. The lowest BCUT2D eigenvalue weighted by atomic mass is 10.1. The third kappa shape index (κ3) is 1.96. The predicted octanol–water partition coefficient (Wildman–Crippen LogP) is 3.29. The van der Waals surface area contributed by atoms with Gasteiger partial charge >= 0.3 is 0 Å². The molecule has 0 unspecified atom stereocenters. The van der Waals surface area contributed by atoms with Gasteiger partial charge in [-0.2, -0.15) is 0 Å². The maximum atomic E-state index is 13.4. The van der Waals surface area contributed by atoms with Gasteiger partial charge < -0.3 is 5.73 Å². The molecule has 0 atom stereocenters. The van der Waals surface area contributed by atoms with Gasteiger partial charge in [-0.3, -0.25) is 0 Å². The molecule has 0 bridgehead atoms. The summed E-state index contributed by atoms with van der Waals surface area (Å²) in [5.41, 5.74) is 5.58. The average Bonchev–Trinajstić information content (AvgIpc) is 2.64. The Hall–Kier alpha value is -1.33. The fourth-order valence-corrected chi connectivity index (χ4v) is 2.19. The van der Waals surface area contributed by atoms with Crippen molar-refractivity contribution in [2.45, 2.75) is 6.54 Å². The zero-order valence-corrected chi connectivity index (χ0v) is 8.95. The van der Waals surface area contributed by atoms with E-state index in [-0.39, 0.29) is 5.56 Å². The van der Waals surface area contributed by atoms with E-state index >= 15 is 0 Å². The highest BCUT2D eigenvalue weighted by molar-refractivity contribution is 7.10. The molecule has 16 heavy (non-hydrogen) atoms. The number of hydrogen-bond donors (Lipinski definition) is 1. The zero-order chi connectivity index (χ0) is 11.7. The van der Waals surface area contributed by atoms with Gasteiger partial charge in [-0.1, -0.05) is 0 Å².